The maximum Gasteiger partial charge on any atom is 0.269 e. The van der Waals surface area contributed by atoms with Gasteiger partial charge in [0.15, 0.2) is 5.11 Å². The third-order valence-electron chi connectivity index (χ3n) is 5.46. The Kier molecular flexibility index (Phi) is 5.06. The van der Waals surface area contributed by atoms with Gasteiger partial charge < -0.3 is 15.5 Å². The number of nitro benzene ring substituents is 1. The van der Waals surface area contributed by atoms with Gasteiger partial charge in [0.1, 0.15) is 0 Å². The van der Waals surface area contributed by atoms with Crippen LogP contribution in [0.25, 0.3) is 0 Å². The zero-order valence-electron chi connectivity index (χ0n) is 16.9. The Labute approximate surface area is 171 Å². The second-order valence-corrected chi connectivity index (χ2v) is 8.96. The molecule has 28 heavy (non-hydrogen) atoms. The Morgan fingerprint density at radius 1 is 1.07 bits per heavy atom. The van der Waals surface area contributed by atoms with E-state index < -0.39 is 4.92 Å². The lowest BCUT2D eigenvalue weighted by molar-refractivity contribution is -0.384. The highest BCUT2D eigenvalue weighted by atomic mass is 32.1. The molecule has 0 aliphatic carbocycles. The molecule has 1 aliphatic heterocycles. The third-order valence-corrected chi connectivity index (χ3v) is 5.67. The average molecular weight is 399 g/mol. The topological polar surface area (TPSA) is 70.4 Å². The number of benzene rings is 2. The van der Waals surface area contributed by atoms with Crippen LogP contribution < -0.4 is 15.5 Å². The molecule has 0 amide bonds. The van der Waals surface area contributed by atoms with Crippen LogP contribution in [0.2, 0.25) is 0 Å². The van der Waals surface area contributed by atoms with Gasteiger partial charge in [0.25, 0.3) is 5.69 Å². The van der Waals surface area contributed by atoms with Crippen molar-refractivity contribution in [2.45, 2.75) is 45.1 Å². The van der Waals surface area contributed by atoms with E-state index in [-0.39, 0.29) is 16.6 Å². The molecule has 0 aromatic heterocycles. The summed E-state index contributed by atoms with van der Waals surface area (Å²) in [5.41, 5.74) is 4.34. The summed E-state index contributed by atoms with van der Waals surface area (Å²) in [4.78, 5) is 12.7. The fraction of sp³-hybridized carbons (Fsp3) is 0.381. The fourth-order valence-corrected chi connectivity index (χ4v) is 4.27. The van der Waals surface area contributed by atoms with E-state index in [0.29, 0.717) is 10.8 Å². The first-order valence-electron chi connectivity index (χ1n) is 9.20. The van der Waals surface area contributed by atoms with Crippen LogP contribution in [0.1, 0.15) is 39.7 Å². The summed E-state index contributed by atoms with van der Waals surface area (Å²) >= 11 is 5.41. The van der Waals surface area contributed by atoms with Crippen LogP contribution in [-0.2, 0) is 5.41 Å². The predicted molar refractivity (Wildman–Crippen MR) is 120 cm³/mol. The molecule has 148 valence electrons. The predicted octanol–water partition coefficient (Wildman–Crippen LogP) is 5.30. The van der Waals surface area contributed by atoms with E-state index in [1.807, 2.05) is 6.07 Å². The summed E-state index contributed by atoms with van der Waals surface area (Å²) in [6.45, 7) is 9.09. The summed E-state index contributed by atoms with van der Waals surface area (Å²) in [5, 5.41) is 17.5. The van der Waals surface area contributed by atoms with Gasteiger partial charge in [-0.15, -0.1) is 0 Å². The maximum atomic E-state index is 10.8. The molecule has 1 heterocycles. The molecule has 0 bridgehead atoms. The largest absolute Gasteiger partial charge is 0.369 e. The molecule has 7 heteroatoms. The molecule has 2 N–H and O–H groups in total. The second kappa shape index (κ2) is 7.05. The van der Waals surface area contributed by atoms with Crippen LogP contribution >= 0.6 is 12.2 Å². The van der Waals surface area contributed by atoms with Crippen molar-refractivity contribution in [3.05, 3.63) is 58.1 Å². The lowest BCUT2D eigenvalue weighted by Crippen LogP contribution is -2.50. The molecule has 2 aromatic carbocycles. The Morgan fingerprint density at radius 2 is 1.64 bits per heavy atom. The highest BCUT2D eigenvalue weighted by Gasteiger charge is 2.40. The highest BCUT2D eigenvalue weighted by molar-refractivity contribution is 7.80. The summed E-state index contributed by atoms with van der Waals surface area (Å²) < 4.78 is 0. The summed E-state index contributed by atoms with van der Waals surface area (Å²) in [6, 6.07) is 12.5. The van der Waals surface area contributed by atoms with Crippen molar-refractivity contribution in [2.75, 3.05) is 22.6 Å². The summed E-state index contributed by atoms with van der Waals surface area (Å²) in [5.74, 6) is 0. The molecule has 0 spiro atoms. The number of hydrogen-bond donors (Lipinski definition) is 2. The van der Waals surface area contributed by atoms with E-state index in [1.54, 1.807) is 12.1 Å². The molecular formula is C21H26N4O2S. The number of nitrogens with zero attached hydrogens (tertiary/aromatic N) is 2. The van der Waals surface area contributed by atoms with Crippen LogP contribution in [-0.4, -0.2) is 22.6 Å². The zero-order chi connectivity index (χ0) is 20.7. The molecule has 1 aliphatic rings. The molecule has 3 rings (SSSR count). The van der Waals surface area contributed by atoms with E-state index in [2.05, 4.69) is 62.4 Å². The fourth-order valence-electron chi connectivity index (χ4n) is 4.03. The number of nitro groups is 1. The van der Waals surface area contributed by atoms with Crippen LogP contribution in [0.5, 0.6) is 0 Å². The Balaban J connectivity index is 1.77. The molecule has 0 atom stereocenters. The van der Waals surface area contributed by atoms with Gasteiger partial charge in [0.2, 0.25) is 0 Å². The molecular weight excluding hydrogens is 372 g/mol. The number of rotatable bonds is 3. The number of non-ortho nitro benzene ring substituents is 1. The minimum Gasteiger partial charge on any atom is -0.369 e. The van der Waals surface area contributed by atoms with Crippen molar-refractivity contribution in [3.8, 4) is 0 Å². The van der Waals surface area contributed by atoms with E-state index in [0.717, 1.165) is 12.1 Å². The van der Waals surface area contributed by atoms with Gasteiger partial charge in [0, 0.05) is 41.8 Å². The number of anilines is 3. The maximum absolute atomic E-state index is 10.8. The van der Waals surface area contributed by atoms with Crippen LogP contribution in [0, 0.1) is 10.1 Å². The van der Waals surface area contributed by atoms with Gasteiger partial charge in [0.05, 0.1) is 4.92 Å². The molecule has 6 nitrogen and oxygen atoms in total. The van der Waals surface area contributed by atoms with Gasteiger partial charge in [-0.3, -0.25) is 10.1 Å². The van der Waals surface area contributed by atoms with Gasteiger partial charge in [-0.25, -0.2) is 0 Å². The lowest BCUT2D eigenvalue weighted by Gasteiger charge is -2.49. The van der Waals surface area contributed by atoms with Crippen LogP contribution in [0.3, 0.4) is 0 Å². The summed E-state index contributed by atoms with van der Waals surface area (Å²) in [6.07, 6.45) is 1.05. The lowest BCUT2D eigenvalue weighted by atomic mass is 9.70. The Bertz CT molecular complexity index is 923. The number of fused-ring (bicyclic) bond motifs is 1. The van der Waals surface area contributed by atoms with Crippen molar-refractivity contribution in [1.29, 1.82) is 0 Å². The minimum absolute atomic E-state index is 0.0494. The van der Waals surface area contributed by atoms with Crippen molar-refractivity contribution in [3.63, 3.8) is 0 Å². The van der Waals surface area contributed by atoms with E-state index >= 15 is 0 Å². The van der Waals surface area contributed by atoms with Gasteiger partial charge >= 0.3 is 0 Å². The van der Waals surface area contributed by atoms with Gasteiger partial charge in [-0.05, 0) is 73.8 Å². The normalized spacial score (nSPS) is 16.8. The third kappa shape index (κ3) is 3.94. The SMILES string of the molecule is CN1c2ccc(NC(=S)Nc3ccc([N+](=O)[O-])cc3)cc2C(C)(C)CC1(C)C. The quantitative estimate of drug-likeness (QED) is 0.415. The van der Waals surface area contributed by atoms with E-state index in [9.17, 15) is 10.1 Å². The van der Waals surface area contributed by atoms with Crippen molar-refractivity contribution in [1.82, 2.24) is 0 Å². The molecule has 0 saturated heterocycles. The zero-order valence-corrected chi connectivity index (χ0v) is 17.7. The van der Waals surface area contributed by atoms with Crippen molar-refractivity contribution >= 4 is 40.1 Å². The Hall–Kier alpha value is -2.67. The van der Waals surface area contributed by atoms with Crippen molar-refractivity contribution < 1.29 is 4.92 Å². The first kappa shape index (κ1) is 20.1. The summed E-state index contributed by atoms with van der Waals surface area (Å²) in [7, 11) is 2.14. The highest BCUT2D eigenvalue weighted by Crippen LogP contribution is 2.46. The first-order valence-corrected chi connectivity index (χ1v) is 9.61. The monoisotopic (exact) mass is 398 g/mol. The Morgan fingerprint density at radius 3 is 2.25 bits per heavy atom. The van der Waals surface area contributed by atoms with Crippen LogP contribution in [0.15, 0.2) is 42.5 Å². The molecule has 0 fully saturated rings. The molecule has 0 saturated carbocycles. The minimum atomic E-state index is -0.423. The van der Waals surface area contributed by atoms with Crippen LogP contribution in [0.4, 0.5) is 22.7 Å². The van der Waals surface area contributed by atoms with Crippen molar-refractivity contribution in [2.24, 2.45) is 0 Å². The van der Waals surface area contributed by atoms with Gasteiger partial charge in [-0.1, -0.05) is 13.8 Å². The second-order valence-electron chi connectivity index (χ2n) is 8.55. The van der Waals surface area contributed by atoms with E-state index in [1.165, 1.54) is 23.4 Å². The van der Waals surface area contributed by atoms with E-state index in [4.69, 9.17) is 12.2 Å². The average Bonchev–Trinajstić information content (AvgIpc) is 2.59. The number of thiocarbonyl (C=S) groups is 1. The number of nitrogens with one attached hydrogen (secondary N) is 2. The number of hydrogen-bond acceptors (Lipinski definition) is 4. The first-order chi connectivity index (χ1) is 13.0. The molecule has 0 unspecified atom stereocenters. The smallest absolute Gasteiger partial charge is 0.269 e. The van der Waals surface area contributed by atoms with Gasteiger partial charge in [-0.2, -0.15) is 0 Å². The molecule has 0 radical (unpaired) electrons. The molecule has 2 aromatic rings. The standard InChI is InChI=1S/C21H26N4O2S/c1-20(2)13-21(3,4)24(5)18-11-8-15(12-17(18)20)23-19(28)22-14-6-9-16(10-7-14)25(26)27/h6-12H,13H2,1-5H3,(H2,22,23,28).